The molecule has 0 aliphatic carbocycles. The molecule has 1 unspecified atom stereocenters. The zero-order valence-corrected chi connectivity index (χ0v) is 23.1. The van der Waals surface area contributed by atoms with Gasteiger partial charge in [0.15, 0.2) is 6.61 Å². The summed E-state index contributed by atoms with van der Waals surface area (Å²) in [6.07, 6.45) is 2.54. The van der Waals surface area contributed by atoms with Crippen LogP contribution in [0.4, 0.5) is 0 Å². The number of nitrogens with one attached hydrogen (secondary N) is 4. The van der Waals surface area contributed by atoms with Crippen molar-refractivity contribution >= 4 is 23.4 Å². The van der Waals surface area contributed by atoms with E-state index in [1.165, 1.54) is 0 Å². The van der Waals surface area contributed by atoms with Gasteiger partial charge in [-0.2, -0.15) is 5.26 Å². The van der Waals surface area contributed by atoms with Crippen molar-refractivity contribution in [2.24, 2.45) is 0 Å². The van der Waals surface area contributed by atoms with Crippen molar-refractivity contribution in [2.45, 2.75) is 51.6 Å². The maximum atomic E-state index is 12.2. The van der Waals surface area contributed by atoms with Crippen LogP contribution in [-0.4, -0.2) is 50.8 Å². The van der Waals surface area contributed by atoms with Crippen LogP contribution in [0.15, 0.2) is 36.4 Å². The van der Waals surface area contributed by atoms with Crippen LogP contribution in [0.25, 0.3) is 0 Å². The lowest BCUT2D eigenvalue weighted by atomic mass is 10.0. The maximum Gasteiger partial charge on any atom is 0.257 e. The van der Waals surface area contributed by atoms with Crippen molar-refractivity contribution in [3.05, 3.63) is 52.5 Å². The maximum absolute atomic E-state index is 12.2. The van der Waals surface area contributed by atoms with E-state index in [2.05, 4.69) is 41.4 Å². The molecule has 2 aromatic carbocycles. The number of hydrogen-bond acceptors (Lipinski definition) is 8. The standard InChI is InChI=1S/C28H36ClN5O5/c1-19(2)31-11-3-14-38-25-9-6-22(15-21(25)17-30)37-13-4-12-32-28(36)18-39-26-8-5-20(16-23(26)29)24-7-10-27(35)34-33-24/h5-6,8-9,15-16,19,24,31,33H,3-4,7,10-14,18H2,1-2H3,(H,32,36)(H,34,35). The minimum Gasteiger partial charge on any atom is -0.493 e. The fraction of sp³-hybridized carbons (Fsp3) is 0.464. The van der Waals surface area contributed by atoms with E-state index < -0.39 is 0 Å². The van der Waals surface area contributed by atoms with E-state index >= 15 is 0 Å². The molecule has 2 amide bonds. The number of nitriles is 1. The van der Waals surface area contributed by atoms with Gasteiger partial charge in [-0.05, 0) is 55.6 Å². The highest BCUT2D eigenvalue weighted by Crippen LogP contribution is 2.30. The number of hydrogen-bond donors (Lipinski definition) is 4. The number of amides is 2. The topological polar surface area (TPSA) is 134 Å². The number of rotatable bonds is 15. The molecule has 11 heteroatoms. The first-order chi connectivity index (χ1) is 18.9. The molecule has 2 aromatic rings. The predicted molar refractivity (Wildman–Crippen MR) is 148 cm³/mol. The molecule has 0 spiro atoms. The summed E-state index contributed by atoms with van der Waals surface area (Å²) in [7, 11) is 0. The van der Waals surface area contributed by atoms with Crippen molar-refractivity contribution in [3.8, 4) is 23.3 Å². The first-order valence-electron chi connectivity index (χ1n) is 13.1. The van der Waals surface area contributed by atoms with Gasteiger partial charge >= 0.3 is 0 Å². The second kappa shape index (κ2) is 15.8. The van der Waals surface area contributed by atoms with Crippen LogP contribution < -0.4 is 35.7 Å². The monoisotopic (exact) mass is 557 g/mol. The molecular weight excluding hydrogens is 522 g/mol. The Morgan fingerprint density at radius 2 is 1.87 bits per heavy atom. The number of benzene rings is 2. The average Bonchev–Trinajstić information content (AvgIpc) is 2.92. The molecule has 4 N–H and O–H groups in total. The van der Waals surface area contributed by atoms with Crippen LogP contribution in [0.5, 0.6) is 17.2 Å². The fourth-order valence-corrected chi connectivity index (χ4v) is 4.06. The molecule has 3 rings (SSSR count). The SMILES string of the molecule is CC(C)NCCCOc1ccc(OCCCNC(=O)COc2ccc(C3CCC(=O)NN3)cc2Cl)cc1C#N. The summed E-state index contributed by atoms with van der Waals surface area (Å²) in [4.78, 5) is 23.5. The quantitative estimate of drug-likeness (QED) is 0.245. The highest BCUT2D eigenvalue weighted by atomic mass is 35.5. The van der Waals surface area contributed by atoms with E-state index in [0.717, 1.165) is 18.5 Å². The largest absolute Gasteiger partial charge is 0.493 e. The lowest BCUT2D eigenvalue weighted by Gasteiger charge is -2.24. The number of carbonyl (C=O) groups is 2. The molecule has 0 saturated carbocycles. The molecule has 0 radical (unpaired) electrons. The number of nitrogens with zero attached hydrogens (tertiary/aromatic N) is 1. The molecule has 1 saturated heterocycles. The summed E-state index contributed by atoms with van der Waals surface area (Å²) >= 11 is 6.32. The van der Waals surface area contributed by atoms with Gasteiger partial charge < -0.3 is 24.8 Å². The molecule has 39 heavy (non-hydrogen) atoms. The van der Waals surface area contributed by atoms with Gasteiger partial charge in [0, 0.05) is 25.1 Å². The summed E-state index contributed by atoms with van der Waals surface area (Å²) < 4.78 is 17.0. The third kappa shape index (κ3) is 10.3. The third-order valence-electron chi connectivity index (χ3n) is 5.88. The Hall–Kier alpha value is -3.52. The summed E-state index contributed by atoms with van der Waals surface area (Å²) in [5, 5.41) is 15.9. The second-order valence-corrected chi connectivity index (χ2v) is 9.80. The minimum atomic E-state index is -0.274. The smallest absolute Gasteiger partial charge is 0.257 e. The lowest BCUT2D eigenvalue weighted by molar-refractivity contribution is -0.124. The molecule has 1 fully saturated rings. The Bertz CT molecular complexity index is 1140. The van der Waals surface area contributed by atoms with Crippen LogP contribution in [0.1, 0.15) is 56.7 Å². The Kier molecular flexibility index (Phi) is 12.2. The number of carbonyl (C=O) groups excluding carboxylic acids is 2. The van der Waals surface area contributed by atoms with Gasteiger partial charge in [-0.25, -0.2) is 5.43 Å². The number of hydrazine groups is 1. The summed E-state index contributed by atoms with van der Waals surface area (Å²) in [5.41, 5.74) is 6.92. The Labute approximate surface area is 234 Å². The Morgan fingerprint density at radius 1 is 1.10 bits per heavy atom. The van der Waals surface area contributed by atoms with E-state index in [0.29, 0.717) is 72.9 Å². The number of ether oxygens (including phenoxy) is 3. The molecule has 210 valence electrons. The van der Waals surface area contributed by atoms with Gasteiger partial charge in [0.1, 0.15) is 23.3 Å². The fourth-order valence-electron chi connectivity index (χ4n) is 3.82. The normalized spacial score (nSPS) is 14.8. The van der Waals surface area contributed by atoms with E-state index in [1.807, 2.05) is 6.07 Å². The van der Waals surface area contributed by atoms with Crippen LogP contribution in [0.2, 0.25) is 5.02 Å². The molecule has 1 aliphatic rings. The zero-order chi connectivity index (χ0) is 28.0. The van der Waals surface area contributed by atoms with Crippen molar-refractivity contribution in [3.63, 3.8) is 0 Å². The van der Waals surface area contributed by atoms with Crippen molar-refractivity contribution in [1.82, 2.24) is 21.5 Å². The molecule has 0 aromatic heterocycles. The van der Waals surface area contributed by atoms with Gasteiger partial charge in [-0.3, -0.25) is 15.0 Å². The first kappa shape index (κ1) is 30.0. The highest BCUT2D eigenvalue weighted by molar-refractivity contribution is 6.32. The van der Waals surface area contributed by atoms with Gasteiger partial charge in [-0.1, -0.05) is 31.5 Å². The van der Waals surface area contributed by atoms with Gasteiger partial charge in [0.25, 0.3) is 5.91 Å². The van der Waals surface area contributed by atoms with Crippen molar-refractivity contribution in [2.75, 3.05) is 32.9 Å². The molecule has 10 nitrogen and oxygen atoms in total. The molecular formula is C28H36ClN5O5. The van der Waals surface area contributed by atoms with Crippen molar-refractivity contribution < 1.29 is 23.8 Å². The van der Waals surface area contributed by atoms with Crippen molar-refractivity contribution in [1.29, 1.82) is 5.26 Å². The first-order valence-corrected chi connectivity index (χ1v) is 13.5. The molecule has 0 bridgehead atoms. The van der Waals surface area contributed by atoms with Crippen LogP contribution in [-0.2, 0) is 9.59 Å². The van der Waals surface area contributed by atoms with Crippen LogP contribution in [0, 0.1) is 11.3 Å². The predicted octanol–water partition coefficient (Wildman–Crippen LogP) is 3.40. The van der Waals surface area contributed by atoms with Gasteiger partial charge in [-0.15, -0.1) is 0 Å². The van der Waals surface area contributed by atoms with E-state index in [-0.39, 0.29) is 24.5 Å². The van der Waals surface area contributed by atoms with E-state index in [1.54, 1.807) is 30.3 Å². The number of halogens is 1. The molecule has 1 heterocycles. The summed E-state index contributed by atoms with van der Waals surface area (Å²) in [5.74, 6) is 1.20. The highest BCUT2D eigenvalue weighted by Gasteiger charge is 2.20. The molecule has 1 atom stereocenters. The Morgan fingerprint density at radius 3 is 2.59 bits per heavy atom. The third-order valence-corrected chi connectivity index (χ3v) is 6.17. The minimum absolute atomic E-state index is 0.0280. The van der Waals surface area contributed by atoms with Gasteiger partial charge in [0.05, 0.1) is 29.8 Å². The van der Waals surface area contributed by atoms with Gasteiger partial charge in [0.2, 0.25) is 5.91 Å². The second-order valence-electron chi connectivity index (χ2n) is 9.39. The van der Waals surface area contributed by atoms with Crippen LogP contribution >= 0.6 is 11.6 Å². The summed E-state index contributed by atoms with van der Waals surface area (Å²) in [6.45, 7) is 6.17. The lowest BCUT2D eigenvalue weighted by Crippen LogP contribution is -2.44. The average molecular weight is 558 g/mol. The molecule has 1 aliphatic heterocycles. The van der Waals surface area contributed by atoms with Crippen LogP contribution in [0.3, 0.4) is 0 Å². The van der Waals surface area contributed by atoms with E-state index in [4.69, 9.17) is 25.8 Å². The van der Waals surface area contributed by atoms with E-state index in [9.17, 15) is 14.9 Å². The zero-order valence-electron chi connectivity index (χ0n) is 22.3. The Balaban J connectivity index is 1.32. The summed E-state index contributed by atoms with van der Waals surface area (Å²) in [6, 6.07) is 13.0.